The van der Waals surface area contributed by atoms with Crippen molar-refractivity contribution in [2.75, 3.05) is 30.9 Å². The molecule has 1 saturated heterocycles. The van der Waals surface area contributed by atoms with Crippen LogP contribution >= 0.6 is 11.6 Å². The van der Waals surface area contributed by atoms with E-state index in [9.17, 15) is 8.42 Å². The van der Waals surface area contributed by atoms with Gasteiger partial charge in [-0.1, -0.05) is 11.6 Å². The number of hydrogen-bond acceptors (Lipinski definition) is 6. The van der Waals surface area contributed by atoms with Crippen LogP contribution in [0.2, 0.25) is 5.15 Å². The van der Waals surface area contributed by atoms with E-state index < -0.39 is 10.0 Å². The lowest BCUT2D eigenvalue weighted by molar-refractivity contribution is 0.0991. The highest BCUT2D eigenvalue weighted by Gasteiger charge is 2.24. The highest BCUT2D eigenvalue weighted by Crippen LogP contribution is 2.30. The van der Waals surface area contributed by atoms with Gasteiger partial charge in [-0.25, -0.2) is 22.4 Å². The second-order valence-corrected chi connectivity index (χ2v) is 7.30. The molecular weight excluding hydrogens is 316 g/mol. The zero-order valence-corrected chi connectivity index (χ0v) is 13.2. The third kappa shape index (κ3) is 2.58. The summed E-state index contributed by atoms with van der Waals surface area (Å²) < 4.78 is 30.0. The number of ether oxygens (including phenoxy) is 1. The van der Waals surface area contributed by atoms with E-state index >= 15 is 0 Å². The van der Waals surface area contributed by atoms with Crippen molar-refractivity contribution in [1.29, 1.82) is 0 Å². The van der Waals surface area contributed by atoms with E-state index in [4.69, 9.17) is 16.3 Å². The summed E-state index contributed by atoms with van der Waals surface area (Å²) in [5.41, 5.74) is 1.56. The maximum atomic E-state index is 11.8. The summed E-state index contributed by atoms with van der Waals surface area (Å²) in [5, 5.41) is 0.238. The van der Waals surface area contributed by atoms with E-state index in [2.05, 4.69) is 14.9 Å². The third-order valence-electron chi connectivity index (χ3n) is 3.46. The molecule has 114 valence electrons. The van der Waals surface area contributed by atoms with Gasteiger partial charge in [0.25, 0.3) is 0 Å². The highest BCUT2D eigenvalue weighted by atomic mass is 35.5. The normalized spacial score (nSPS) is 20.1. The van der Waals surface area contributed by atoms with Crippen LogP contribution in [0.5, 0.6) is 0 Å². The molecule has 1 atom stereocenters. The van der Waals surface area contributed by atoms with Gasteiger partial charge in [-0.2, -0.15) is 0 Å². The molecule has 0 unspecified atom stereocenters. The second kappa shape index (κ2) is 5.11. The van der Waals surface area contributed by atoms with Gasteiger partial charge in [0, 0.05) is 18.7 Å². The van der Waals surface area contributed by atoms with Crippen molar-refractivity contribution >= 4 is 38.5 Å². The number of aromatic nitrogens is 3. The Morgan fingerprint density at radius 1 is 1.48 bits per heavy atom. The molecule has 9 heteroatoms. The van der Waals surface area contributed by atoms with E-state index in [0.717, 1.165) is 15.9 Å². The Morgan fingerprint density at radius 3 is 2.90 bits per heavy atom. The second-order valence-electron chi connectivity index (χ2n) is 5.06. The average molecular weight is 331 g/mol. The van der Waals surface area contributed by atoms with Crippen molar-refractivity contribution in [1.82, 2.24) is 13.9 Å². The first-order valence-electron chi connectivity index (χ1n) is 6.46. The van der Waals surface area contributed by atoms with Crippen LogP contribution in [0.4, 0.5) is 5.69 Å². The first-order valence-corrected chi connectivity index (χ1v) is 8.69. The largest absolute Gasteiger partial charge is 0.377 e. The Bertz CT molecular complexity index is 789. The van der Waals surface area contributed by atoms with Gasteiger partial charge in [0.05, 0.1) is 25.2 Å². The summed E-state index contributed by atoms with van der Waals surface area (Å²) >= 11 is 6.06. The van der Waals surface area contributed by atoms with Crippen molar-refractivity contribution in [3.63, 3.8) is 0 Å². The van der Waals surface area contributed by atoms with Crippen LogP contribution in [-0.4, -0.2) is 54.4 Å². The van der Waals surface area contributed by atoms with Crippen LogP contribution in [0.15, 0.2) is 12.4 Å². The monoisotopic (exact) mass is 330 g/mol. The van der Waals surface area contributed by atoms with Crippen LogP contribution in [0.1, 0.15) is 6.92 Å². The molecule has 1 aliphatic rings. The number of rotatable bonds is 2. The summed E-state index contributed by atoms with van der Waals surface area (Å²) in [6.45, 7) is 3.95. The Hall–Kier alpha value is -1.38. The molecule has 0 amide bonds. The van der Waals surface area contributed by atoms with Crippen molar-refractivity contribution in [2.24, 2.45) is 0 Å². The number of hydrogen-bond donors (Lipinski definition) is 0. The summed E-state index contributed by atoms with van der Waals surface area (Å²) in [7, 11) is -3.47. The molecule has 1 fully saturated rings. The van der Waals surface area contributed by atoms with Gasteiger partial charge in [0.15, 0.2) is 5.65 Å². The maximum Gasteiger partial charge on any atom is 0.238 e. The molecule has 0 aliphatic carbocycles. The lowest BCUT2D eigenvalue weighted by Gasteiger charge is -2.35. The standard InChI is InChI=1S/C12H15ClN4O3S/c1-8-6-20-4-3-16(8)9-5-10(13)15-12-11(9)14-7-17(12)21(2,18)19/h5,7-8H,3-4,6H2,1-2H3/t8-/m1/s1. The maximum absolute atomic E-state index is 11.8. The zero-order chi connectivity index (χ0) is 15.2. The Morgan fingerprint density at radius 2 is 2.24 bits per heavy atom. The van der Waals surface area contributed by atoms with Gasteiger partial charge < -0.3 is 9.64 Å². The van der Waals surface area contributed by atoms with Crippen LogP contribution in [0, 0.1) is 0 Å². The molecule has 3 rings (SSSR count). The highest BCUT2D eigenvalue weighted by molar-refractivity contribution is 7.89. The number of halogens is 1. The lowest BCUT2D eigenvalue weighted by Crippen LogP contribution is -2.43. The van der Waals surface area contributed by atoms with E-state index in [0.29, 0.717) is 25.3 Å². The Balaban J connectivity index is 2.22. The number of imidazole rings is 1. The van der Waals surface area contributed by atoms with Gasteiger partial charge >= 0.3 is 0 Å². The quantitative estimate of drug-likeness (QED) is 0.768. The first kappa shape index (κ1) is 14.6. The van der Waals surface area contributed by atoms with E-state index in [-0.39, 0.29) is 16.8 Å². The molecule has 0 bridgehead atoms. The van der Waals surface area contributed by atoms with Gasteiger partial charge in [-0.05, 0) is 6.92 Å². The van der Waals surface area contributed by atoms with Crippen molar-refractivity contribution in [3.8, 4) is 0 Å². The Labute approximate surface area is 127 Å². The molecule has 7 nitrogen and oxygen atoms in total. The number of anilines is 1. The molecule has 2 aromatic heterocycles. The lowest BCUT2D eigenvalue weighted by atomic mass is 10.2. The molecule has 0 N–H and O–H groups in total. The molecule has 0 aromatic carbocycles. The van der Waals surface area contributed by atoms with Crippen LogP contribution in [0.3, 0.4) is 0 Å². The fourth-order valence-corrected chi connectivity index (χ4v) is 3.31. The first-order chi connectivity index (χ1) is 9.88. The number of morpholine rings is 1. The zero-order valence-electron chi connectivity index (χ0n) is 11.7. The number of pyridine rings is 1. The van der Waals surface area contributed by atoms with Gasteiger partial charge in [-0.15, -0.1) is 0 Å². The van der Waals surface area contributed by atoms with Crippen molar-refractivity contribution in [3.05, 3.63) is 17.5 Å². The summed E-state index contributed by atoms with van der Waals surface area (Å²) in [4.78, 5) is 10.4. The SMILES string of the molecule is C[C@@H]1COCCN1c1cc(Cl)nc2c1ncn2S(C)(=O)=O. The summed E-state index contributed by atoms with van der Waals surface area (Å²) in [6.07, 6.45) is 2.37. The predicted octanol–water partition coefficient (Wildman–Crippen LogP) is 1.12. The minimum Gasteiger partial charge on any atom is -0.377 e. The molecule has 21 heavy (non-hydrogen) atoms. The van der Waals surface area contributed by atoms with E-state index in [1.54, 1.807) is 6.07 Å². The van der Waals surface area contributed by atoms with E-state index in [1.165, 1.54) is 6.33 Å². The molecule has 1 aliphatic heterocycles. The predicted molar refractivity (Wildman–Crippen MR) is 80.4 cm³/mol. The molecule has 2 aromatic rings. The van der Waals surface area contributed by atoms with Gasteiger partial charge in [0.1, 0.15) is 17.0 Å². The fourth-order valence-electron chi connectivity index (χ4n) is 2.47. The summed E-state index contributed by atoms with van der Waals surface area (Å²) in [5.74, 6) is 0. The minimum absolute atomic E-state index is 0.156. The molecule has 0 saturated carbocycles. The summed E-state index contributed by atoms with van der Waals surface area (Å²) in [6, 6.07) is 1.87. The average Bonchev–Trinajstić information content (AvgIpc) is 2.82. The van der Waals surface area contributed by atoms with E-state index in [1.807, 2.05) is 6.92 Å². The van der Waals surface area contributed by atoms with Gasteiger partial charge in [-0.3, -0.25) is 0 Å². The smallest absolute Gasteiger partial charge is 0.238 e. The fraction of sp³-hybridized carbons (Fsp3) is 0.500. The molecular formula is C12H15ClN4O3S. The third-order valence-corrected chi connectivity index (χ3v) is 4.63. The number of fused-ring (bicyclic) bond motifs is 1. The van der Waals surface area contributed by atoms with Crippen molar-refractivity contribution < 1.29 is 13.2 Å². The van der Waals surface area contributed by atoms with Crippen molar-refractivity contribution in [2.45, 2.75) is 13.0 Å². The molecule has 3 heterocycles. The van der Waals surface area contributed by atoms with Crippen LogP contribution < -0.4 is 4.90 Å². The van der Waals surface area contributed by atoms with Crippen LogP contribution in [0.25, 0.3) is 11.2 Å². The minimum atomic E-state index is -3.47. The topological polar surface area (TPSA) is 77.3 Å². The Kier molecular flexibility index (Phi) is 3.54. The number of nitrogens with zero attached hydrogens (tertiary/aromatic N) is 4. The molecule has 0 spiro atoms. The van der Waals surface area contributed by atoms with Crippen LogP contribution in [-0.2, 0) is 14.8 Å². The van der Waals surface area contributed by atoms with Gasteiger partial charge in [0.2, 0.25) is 10.0 Å². The molecule has 0 radical (unpaired) electrons.